The minimum absolute atomic E-state index is 0.0117. The van der Waals surface area contributed by atoms with Gasteiger partial charge in [0.05, 0.1) is 13.2 Å². The zero-order valence-corrected chi connectivity index (χ0v) is 23.3. The Kier molecular flexibility index (Phi) is 7.38. The largest absolute Gasteiger partial charge is 0.493 e. The second kappa shape index (κ2) is 10.9. The van der Waals surface area contributed by atoms with Crippen molar-refractivity contribution in [3.05, 3.63) is 94.0 Å². The standard InChI is InChI=1S/C33H31BrO3/c1-5-8-24-19-22(13-15-23-9-6-11-28-26(23)10-7-12-29(28)34)14-17-27(24)31-20-25-16-18-30(35-4)33(32(25)37-31)36-21(2)3/h6-7,9-21H,5,8H2,1-4H3/b15-13+. The van der Waals surface area contributed by atoms with Gasteiger partial charge in [0.15, 0.2) is 11.3 Å². The van der Waals surface area contributed by atoms with Crippen molar-refractivity contribution in [2.75, 3.05) is 7.11 Å². The van der Waals surface area contributed by atoms with Crippen LogP contribution >= 0.6 is 15.9 Å². The van der Waals surface area contributed by atoms with Gasteiger partial charge in [-0.2, -0.15) is 0 Å². The van der Waals surface area contributed by atoms with Crippen LogP contribution in [-0.2, 0) is 6.42 Å². The third kappa shape index (κ3) is 5.17. The van der Waals surface area contributed by atoms with Crippen LogP contribution in [0.1, 0.15) is 43.9 Å². The van der Waals surface area contributed by atoms with Crippen molar-refractivity contribution in [2.45, 2.75) is 39.7 Å². The molecule has 5 rings (SSSR count). The average molecular weight is 556 g/mol. The zero-order valence-electron chi connectivity index (χ0n) is 21.7. The van der Waals surface area contributed by atoms with Crippen molar-refractivity contribution < 1.29 is 13.9 Å². The van der Waals surface area contributed by atoms with Crippen LogP contribution in [0, 0.1) is 0 Å². The van der Waals surface area contributed by atoms with Crippen molar-refractivity contribution >= 4 is 49.8 Å². The second-order valence-electron chi connectivity index (χ2n) is 9.47. The number of rotatable bonds is 8. The Morgan fingerprint density at radius 1 is 0.919 bits per heavy atom. The van der Waals surface area contributed by atoms with Crippen molar-refractivity contribution in [3.8, 4) is 22.8 Å². The minimum atomic E-state index is 0.0117. The first kappa shape index (κ1) is 25.2. The molecule has 0 bridgehead atoms. The van der Waals surface area contributed by atoms with Gasteiger partial charge in [0.2, 0.25) is 5.75 Å². The Morgan fingerprint density at radius 3 is 2.51 bits per heavy atom. The molecule has 4 aromatic carbocycles. The highest BCUT2D eigenvalue weighted by molar-refractivity contribution is 9.10. The molecule has 0 aliphatic rings. The molecule has 0 atom stereocenters. The molecule has 0 fully saturated rings. The Balaban J connectivity index is 1.53. The van der Waals surface area contributed by atoms with Crippen molar-refractivity contribution in [1.29, 1.82) is 0 Å². The molecule has 0 aliphatic heterocycles. The predicted octanol–water partition coefficient (Wildman–Crippen LogP) is 9.93. The van der Waals surface area contributed by atoms with Gasteiger partial charge >= 0.3 is 0 Å². The van der Waals surface area contributed by atoms with Crippen LogP contribution in [0.2, 0.25) is 0 Å². The topological polar surface area (TPSA) is 31.6 Å². The van der Waals surface area contributed by atoms with Gasteiger partial charge in [-0.3, -0.25) is 0 Å². The van der Waals surface area contributed by atoms with Gasteiger partial charge in [-0.05, 0) is 72.0 Å². The fourth-order valence-electron chi connectivity index (χ4n) is 4.76. The molecule has 5 aromatic rings. The molecule has 188 valence electrons. The number of furan rings is 1. The van der Waals surface area contributed by atoms with E-state index in [1.807, 2.05) is 26.0 Å². The van der Waals surface area contributed by atoms with Crippen LogP contribution in [0.25, 0.3) is 45.2 Å². The summed E-state index contributed by atoms with van der Waals surface area (Å²) in [5, 5.41) is 3.45. The molecule has 3 nitrogen and oxygen atoms in total. The molecular formula is C33H31BrO3. The molecule has 0 aliphatic carbocycles. The van der Waals surface area contributed by atoms with Gasteiger partial charge in [0, 0.05) is 15.4 Å². The van der Waals surface area contributed by atoms with E-state index in [0.29, 0.717) is 11.5 Å². The first-order valence-electron chi connectivity index (χ1n) is 12.7. The molecule has 4 heteroatoms. The van der Waals surface area contributed by atoms with Gasteiger partial charge in [0.1, 0.15) is 5.76 Å². The molecule has 0 spiro atoms. The number of aryl methyl sites for hydroxylation is 1. The van der Waals surface area contributed by atoms with E-state index < -0.39 is 0 Å². The lowest BCUT2D eigenvalue weighted by molar-refractivity contribution is 0.230. The summed E-state index contributed by atoms with van der Waals surface area (Å²) in [6, 6.07) is 25.4. The van der Waals surface area contributed by atoms with Crippen LogP contribution in [0.3, 0.4) is 0 Å². The third-order valence-electron chi connectivity index (χ3n) is 6.45. The molecule has 0 N–H and O–H groups in total. The molecule has 0 saturated carbocycles. The lowest BCUT2D eigenvalue weighted by atomic mass is 9.97. The van der Waals surface area contributed by atoms with Crippen LogP contribution in [0.5, 0.6) is 11.5 Å². The SMILES string of the molecule is CCCc1cc(/C=C/c2cccc3c(Br)cccc23)ccc1-c1cc2ccc(OC)c(OC(C)C)c2o1. The number of methoxy groups -OCH3 is 1. The summed E-state index contributed by atoms with van der Waals surface area (Å²) in [7, 11) is 1.65. The minimum Gasteiger partial charge on any atom is -0.493 e. The molecule has 0 amide bonds. The van der Waals surface area contributed by atoms with E-state index in [1.165, 1.54) is 27.5 Å². The van der Waals surface area contributed by atoms with Gasteiger partial charge in [-0.15, -0.1) is 0 Å². The highest BCUT2D eigenvalue weighted by atomic mass is 79.9. The number of hydrogen-bond donors (Lipinski definition) is 0. The van der Waals surface area contributed by atoms with E-state index in [9.17, 15) is 0 Å². The molecule has 1 aromatic heterocycles. The summed E-state index contributed by atoms with van der Waals surface area (Å²) in [6.07, 6.45) is 6.41. The fraction of sp³-hybridized carbons (Fsp3) is 0.212. The van der Waals surface area contributed by atoms with Crippen molar-refractivity contribution in [2.24, 2.45) is 0 Å². The van der Waals surface area contributed by atoms with Gasteiger partial charge in [0.25, 0.3) is 0 Å². The van der Waals surface area contributed by atoms with Crippen LogP contribution in [-0.4, -0.2) is 13.2 Å². The van der Waals surface area contributed by atoms with Crippen LogP contribution in [0.15, 0.2) is 81.7 Å². The first-order valence-corrected chi connectivity index (χ1v) is 13.5. The summed E-state index contributed by atoms with van der Waals surface area (Å²) in [6.45, 7) is 6.22. The highest BCUT2D eigenvalue weighted by Gasteiger charge is 2.18. The summed E-state index contributed by atoms with van der Waals surface area (Å²) in [4.78, 5) is 0. The monoisotopic (exact) mass is 554 g/mol. The summed E-state index contributed by atoms with van der Waals surface area (Å²) in [5.74, 6) is 2.17. The number of halogens is 1. The van der Waals surface area contributed by atoms with E-state index >= 15 is 0 Å². The smallest absolute Gasteiger partial charge is 0.205 e. The number of hydrogen-bond acceptors (Lipinski definition) is 3. The summed E-state index contributed by atoms with van der Waals surface area (Å²) < 4.78 is 19.2. The highest BCUT2D eigenvalue weighted by Crippen LogP contribution is 2.41. The Morgan fingerprint density at radius 2 is 1.73 bits per heavy atom. The maximum absolute atomic E-state index is 6.42. The van der Waals surface area contributed by atoms with E-state index in [1.54, 1.807) is 7.11 Å². The summed E-state index contributed by atoms with van der Waals surface area (Å²) >= 11 is 3.67. The van der Waals surface area contributed by atoms with Crippen molar-refractivity contribution in [3.63, 3.8) is 0 Å². The van der Waals surface area contributed by atoms with E-state index in [-0.39, 0.29) is 6.10 Å². The molecule has 0 unspecified atom stereocenters. The number of ether oxygens (including phenoxy) is 2. The molecular weight excluding hydrogens is 524 g/mol. The second-order valence-corrected chi connectivity index (χ2v) is 10.3. The van der Waals surface area contributed by atoms with Crippen molar-refractivity contribution in [1.82, 2.24) is 0 Å². The van der Waals surface area contributed by atoms with Crippen LogP contribution < -0.4 is 9.47 Å². The van der Waals surface area contributed by atoms with Gasteiger partial charge in [-0.25, -0.2) is 0 Å². The number of benzene rings is 4. The van der Waals surface area contributed by atoms with E-state index in [4.69, 9.17) is 13.9 Å². The number of fused-ring (bicyclic) bond motifs is 2. The molecule has 0 radical (unpaired) electrons. The molecule has 0 saturated heterocycles. The van der Waals surface area contributed by atoms with Gasteiger partial charge < -0.3 is 13.9 Å². The predicted molar refractivity (Wildman–Crippen MR) is 159 cm³/mol. The summed E-state index contributed by atoms with van der Waals surface area (Å²) in [5.41, 5.74) is 5.46. The average Bonchev–Trinajstić information content (AvgIpc) is 3.33. The lowest BCUT2D eigenvalue weighted by Gasteiger charge is -2.13. The third-order valence-corrected chi connectivity index (χ3v) is 7.14. The first-order chi connectivity index (χ1) is 18.0. The Bertz CT molecular complexity index is 1590. The molecule has 1 heterocycles. The zero-order chi connectivity index (χ0) is 25.9. The Labute approximate surface area is 226 Å². The molecule has 37 heavy (non-hydrogen) atoms. The quantitative estimate of drug-likeness (QED) is 0.179. The Hall–Kier alpha value is -3.50. The van der Waals surface area contributed by atoms with E-state index in [2.05, 4.69) is 95.7 Å². The maximum Gasteiger partial charge on any atom is 0.205 e. The fourth-order valence-corrected chi connectivity index (χ4v) is 5.26. The lowest BCUT2D eigenvalue weighted by Crippen LogP contribution is -2.06. The maximum atomic E-state index is 6.42. The van der Waals surface area contributed by atoms with Gasteiger partial charge in [-0.1, -0.05) is 90.0 Å². The normalized spacial score (nSPS) is 11.7. The van der Waals surface area contributed by atoms with Crippen LogP contribution in [0.4, 0.5) is 0 Å². The van der Waals surface area contributed by atoms with E-state index in [0.717, 1.165) is 39.6 Å².